The molecule has 1 aliphatic carbocycles. The number of piperidine rings is 1. The summed E-state index contributed by atoms with van der Waals surface area (Å²) < 4.78 is 40.7. The molecule has 432 valence electrons. The van der Waals surface area contributed by atoms with Crippen LogP contribution >= 0.6 is 0 Å². The van der Waals surface area contributed by atoms with E-state index in [0.29, 0.717) is 69.1 Å². The van der Waals surface area contributed by atoms with Crippen LogP contribution in [0.2, 0.25) is 0 Å². The number of hydrogen-bond donors (Lipinski definition) is 3. The van der Waals surface area contributed by atoms with Gasteiger partial charge in [0.25, 0.3) is 11.7 Å². The topological polar surface area (TPSA) is 240 Å². The van der Waals surface area contributed by atoms with Crippen molar-refractivity contribution in [2.24, 2.45) is 35.5 Å². The summed E-state index contributed by atoms with van der Waals surface area (Å²) in [6.45, 7) is 12.1. The van der Waals surface area contributed by atoms with E-state index in [4.69, 9.17) is 33.2 Å². The molecule has 4 aliphatic rings. The molecule has 3 heterocycles. The van der Waals surface area contributed by atoms with Crippen LogP contribution in [0, 0.1) is 35.5 Å². The first kappa shape index (κ1) is 63.5. The summed E-state index contributed by atoms with van der Waals surface area (Å²) in [5.41, 5.74) is 1.21. The SMILES string of the molecule is COC1CC2CC[C@@H](C)[C@@](O)(O2)C(=O)C(=O)N2CCCC[C@H]2C(=O)OC(C(C)CC2CC[C@@H](OC(=O)NCC(=O)Oc3ccccc3)C(OC)C2)CC(=O)C(C)/C=C(\C)[C@@H](O)C(OC)C(=O)[C@H](C)CC(C)/C=C/C=C/C=C/1C. The van der Waals surface area contributed by atoms with Crippen molar-refractivity contribution >= 4 is 41.3 Å². The zero-order valence-corrected chi connectivity index (χ0v) is 47.4. The van der Waals surface area contributed by atoms with Gasteiger partial charge in [0.1, 0.15) is 48.5 Å². The number of ether oxygens (including phenoxy) is 7. The second-order valence-electron chi connectivity index (χ2n) is 22.1. The number of cyclic esters (lactones) is 1. The molecule has 15 atom stereocenters. The van der Waals surface area contributed by atoms with Gasteiger partial charge in [0, 0.05) is 58.5 Å². The fourth-order valence-corrected chi connectivity index (χ4v) is 11.2. The number of nitrogens with one attached hydrogen (secondary N) is 1. The van der Waals surface area contributed by atoms with E-state index in [1.165, 1.54) is 14.2 Å². The number of benzene rings is 1. The summed E-state index contributed by atoms with van der Waals surface area (Å²) in [6, 6.07) is 7.24. The van der Waals surface area contributed by atoms with Crippen LogP contribution in [0.4, 0.5) is 4.79 Å². The summed E-state index contributed by atoms with van der Waals surface area (Å²) >= 11 is 0. The standard InChI is InChI=1S/C60H86N2O16/c1-36-19-13-11-14-20-37(2)49(72-8)33-45-26-24-42(7)60(71,78-45)56(67)57(68)62-28-18-17-23-46(62)58(69)76-50(34-47(63)38(3)30-41(6)54(66)55(74-10)53(65)40(5)29-36)39(4)31-43-25-27-48(51(32-43)73-9)77-59(70)61-35-52(64)75-44-21-15-12-16-22-44/h11-16,19-22,30,36,38-40,42-43,45-46,48-51,54-55,66,71H,17-18,23-29,31-35H2,1-10H3,(H,61,70)/b14-11+,19-13+,37-20+,41-30+/t36?,38?,39?,40-,42-,43?,45?,46+,48-,49?,50?,51?,54-,55?,60-/m1/s1. The van der Waals surface area contributed by atoms with Crippen molar-refractivity contribution in [3.63, 3.8) is 0 Å². The summed E-state index contributed by atoms with van der Waals surface area (Å²) in [4.78, 5) is 97.9. The van der Waals surface area contributed by atoms with E-state index in [2.05, 4.69) is 5.32 Å². The Labute approximate surface area is 460 Å². The van der Waals surface area contributed by atoms with E-state index in [1.54, 1.807) is 71.2 Å². The molecule has 1 saturated carbocycles. The maximum atomic E-state index is 14.6. The molecule has 18 nitrogen and oxygen atoms in total. The Kier molecular flexibility index (Phi) is 24.6. The summed E-state index contributed by atoms with van der Waals surface area (Å²) in [5.74, 6) is -8.99. The molecule has 2 bridgehead atoms. The molecular formula is C60H86N2O16. The van der Waals surface area contributed by atoms with Crippen LogP contribution in [0.25, 0.3) is 0 Å². The van der Waals surface area contributed by atoms with Gasteiger partial charge in [-0.2, -0.15) is 0 Å². The van der Waals surface area contributed by atoms with Gasteiger partial charge in [0.05, 0.1) is 18.3 Å². The molecular weight excluding hydrogens is 1000 g/mol. The molecule has 18 heteroatoms. The minimum atomic E-state index is -2.47. The highest BCUT2D eigenvalue weighted by molar-refractivity contribution is 6.39. The van der Waals surface area contributed by atoms with Gasteiger partial charge in [0.2, 0.25) is 5.79 Å². The lowest BCUT2D eigenvalue weighted by Gasteiger charge is -2.42. The normalized spacial score (nSPS) is 35.4. The number of allylic oxidation sites excluding steroid dienone is 6. The Morgan fingerprint density at radius 3 is 2.27 bits per heavy atom. The monoisotopic (exact) mass is 1090 g/mol. The predicted octanol–water partition coefficient (Wildman–Crippen LogP) is 7.52. The molecule has 5 rings (SSSR count). The molecule has 78 heavy (non-hydrogen) atoms. The summed E-state index contributed by atoms with van der Waals surface area (Å²) in [5, 5.41) is 26.0. The zero-order valence-electron chi connectivity index (χ0n) is 47.4. The molecule has 2 amide bonds. The van der Waals surface area contributed by atoms with Crippen molar-refractivity contribution in [2.75, 3.05) is 34.4 Å². The lowest BCUT2D eigenvalue weighted by molar-refractivity contribution is -0.265. The van der Waals surface area contributed by atoms with E-state index in [0.717, 1.165) is 10.5 Å². The van der Waals surface area contributed by atoms with E-state index in [1.807, 2.05) is 51.2 Å². The fraction of sp³-hybridized carbons (Fsp3) is 0.650. The minimum Gasteiger partial charge on any atom is -0.460 e. The number of aliphatic hydroxyl groups is 2. The fourth-order valence-electron chi connectivity index (χ4n) is 11.2. The van der Waals surface area contributed by atoms with Gasteiger partial charge in [-0.15, -0.1) is 0 Å². The molecule has 0 spiro atoms. The number of fused-ring (bicyclic) bond motifs is 3. The average molecular weight is 1090 g/mol. The van der Waals surface area contributed by atoms with Crippen molar-refractivity contribution < 1.29 is 76.9 Å². The van der Waals surface area contributed by atoms with E-state index in [9.17, 15) is 43.8 Å². The lowest BCUT2D eigenvalue weighted by Crippen LogP contribution is -2.61. The van der Waals surface area contributed by atoms with Crippen molar-refractivity contribution in [1.29, 1.82) is 0 Å². The van der Waals surface area contributed by atoms with Crippen LogP contribution in [0.1, 0.15) is 126 Å². The Hall–Kier alpha value is -5.37. The van der Waals surface area contributed by atoms with E-state index < -0.39 is 114 Å². The molecule has 3 fully saturated rings. The van der Waals surface area contributed by atoms with Gasteiger partial charge < -0.3 is 53.6 Å². The Morgan fingerprint density at radius 1 is 0.846 bits per heavy atom. The average Bonchev–Trinajstić information content (AvgIpc) is 3.45. The number of rotatable bonds is 10. The Morgan fingerprint density at radius 2 is 1.58 bits per heavy atom. The first-order valence-corrected chi connectivity index (χ1v) is 27.8. The molecule has 2 saturated heterocycles. The van der Waals surface area contributed by atoms with Crippen molar-refractivity contribution in [3.05, 3.63) is 77.9 Å². The quantitative estimate of drug-likeness (QED) is 0.0888. The molecule has 1 aromatic carbocycles. The second-order valence-corrected chi connectivity index (χ2v) is 22.1. The van der Waals surface area contributed by atoms with E-state index in [-0.39, 0.29) is 49.2 Å². The van der Waals surface area contributed by atoms with Gasteiger partial charge in [-0.3, -0.25) is 19.2 Å². The second kappa shape index (κ2) is 30.3. The van der Waals surface area contributed by atoms with Crippen LogP contribution in [0.3, 0.4) is 0 Å². The zero-order chi connectivity index (χ0) is 57.3. The first-order valence-electron chi connectivity index (χ1n) is 27.8. The highest BCUT2D eigenvalue weighted by Crippen LogP contribution is 2.38. The predicted molar refractivity (Wildman–Crippen MR) is 289 cm³/mol. The smallest absolute Gasteiger partial charge is 0.408 e. The Balaban J connectivity index is 1.39. The summed E-state index contributed by atoms with van der Waals surface area (Å²) in [7, 11) is 4.44. The van der Waals surface area contributed by atoms with Crippen molar-refractivity contribution in [1.82, 2.24) is 10.2 Å². The van der Waals surface area contributed by atoms with Gasteiger partial charge in [-0.05, 0) is 119 Å². The van der Waals surface area contributed by atoms with Crippen LogP contribution in [-0.2, 0) is 57.2 Å². The van der Waals surface area contributed by atoms with Gasteiger partial charge in [0.15, 0.2) is 5.78 Å². The molecule has 3 N–H and O–H groups in total. The maximum Gasteiger partial charge on any atom is 0.408 e. The van der Waals surface area contributed by atoms with Gasteiger partial charge in [-0.25, -0.2) is 14.4 Å². The third kappa shape index (κ3) is 17.6. The molecule has 0 radical (unpaired) electrons. The number of Topliss-reactive ketones (excluding diaryl/α,β-unsaturated/α-hetero) is 3. The number of para-hydroxylation sites is 1. The molecule has 3 aliphatic heterocycles. The molecule has 9 unspecified atom stereocenters. The van der Waals surface area contributed by atoms with Crippen LogP contribution in [0.5, 0.6) is 5.75 Å². The number of carbonyl (C=O) groups excluding carboxylic acids is 7. The number of esters is 2. The highest BCUT2D eigenvalue weighted by atomic mass is 16.6. The Bertz CT molecular complexity index is 2330. The minimum absolute atomic E-state index is 0.00985. The molecule has 1 aromatic rings. The van der Waals surface area contributed by atoms with E-state index >= 15 is 0 Å². The van der Waals surface area contributed by atoms with Crippen LogP contribution < -0.4 is 10.1 Å². The number of ketones is 3. The summed E-state index contributed by atoms with van der Waals surface area (Å²) in [6.07, 6.45) is 8.93. The largest absolute Gasteiger partial charge is 0.460 e. The number of methoxy groups -OCH3 is 3. The third-order valence-electron chi connectivity index (χ3n) is 16.1. The van der Waals surface area contributed by atoms with Crippen LogP contribution in [0.15, 0.2) is 77.9 Å². The van der Waals surface area contributed by atoms with Crippen molar-refractivity contribution in [3.8, 4) is 5.75 Å². The number of hydrogen-bond acceptors (Lipinski definition) is 16. The van der Waals surface area contributed by atoms with Gasteiger partial charge >= 0.3 is 18.0 Å². The van der Waals surface area contributed by atoms with Gasteiger partial charge in [-0.1, -0.05) is 89.3 Å². The van der Waals surface area contributed by atoms with Crippen molar-refractivity contribution in [2.45, 2.75) is 180 Å². The highest BCUT2D eigenvalue weighted by Gasteiger charge is 2.53. The van der Waals surface area contributed by atoms with Crippen LogP contribution in [-0.4, -0.2) is 145 Å². The number of nitrogens with zero attached hydrogens (tertiary/aromatic N) is 1. The lowest BCUT2D eigenvalue weighted by atomic mass is 9.78. The number of carbonyl (C=O) groups is 7. The number of amides is 2. The number of alkyl carbamates (subject to hydrolysis) is 1. The third-order valence-corrected chi connectivity index (χ3v) is 16.1. The molecule has 0 aromatic heterocycles. The number of aliphatic hydroxyl groups excluding tert-OH is 1. The first-order chi connectivity index (χ1) is 37.1. The maximum absolute atomic E-state index is 14.6.